The maximum Gasteiger partial charge on any atom is 0.119 e. The first-order chi connectivity index (χ1) is 9.08. The van der Waals surface area contributed by atoms with Gasteiger partial charge in [-0.25, -0.2) is 4.98 Å². The summed E-state index contributed by atoms with van der Waals surface area (Å²) in [4.78, 5) is 6.66. The van der Waals surface area contributed by atoms with Crippen molar-refractivity contribution in [3.63, 3.8) is 0 Å². The molecule has 0 unspecified atom stereocenters. The van der Waals surface area contributed by atoms with Gasteiger partial charge in [-0.15, -0.1) is 11.3 Å². The molecule has 1 aromatic carbocycles. The van der Waals surface area contributed by atoms with Gasteiger partial charge in [-0.2, -0.15) is 0 Å². The van der Waals surface area contributed by atoms with Gasteiger partial charge >= 0.3 is 0 Å². The molecule has 1 heterocycles. The Morgan fingerprint density at radius 3 is 2.79 bits per heavy atom. The first-order valence-corrected chi connectivity index (χ1v) is 6.98. The van der Waals surface area contributed by atoms with Crippen molar-refractivity contribution in [1.29, 1.82) is 0 Å². The average Bonchev–Trinajstić information content (AvgIpc) is 2.77. The summed E-state index contributed by atoms with van der Waals surface area (Å²) in [5, 5.41) is 3.20. The minimum absolute atomic E-state index is 0.777. The monoisotopic (exact) mass is 277 g/mol. The summed E-state index contributed by atoms with van der Waals surface area (Å²) in [7, 11) is 3.73. The van der Waals surface area contributed by atoms with E-state index in [0.29, 0.717) is 0 Å². The number of nitrogens with zero attached hydrogens (tertiary/aromatic N) is 2. The highest BCUT2D eigenvalue weighted by Crippen LogP contribution is 2.21. The average molecular weight is 277 g/mol. The van der Waals surface area contributed by atoms with Crippen molar-refractivity contribution in [3.05, 3.63) is 39.8 Å². The predicted molar refractivity (Wildman–Crippen MR) is 79.4 cm³/mol. The number of methoxy groups -OCH3 is 1. The molecule has 1 aromatic heterocycles. The van der Waals surface area contributed by atoms with Gasteiger partial charge in [0.05, 0.1) is 17.8 Å². The van der Waals surface area contributed by atoms with Crippen LogP contribution in [0.2, 0.25) is 0 Å². The third-order valence-electron chi connectivity index (χ3n) is 2.89. The minimum atomic E-state index is 0.777. The Kier molecular flexibility index (Phi) is 4.39. The van der Waals surface area contributed by atoms with Crippen LogP contribution in [0.15, 0.2) is 23.6 Å². The second-order valence-corrected chi connectivity index (χ2v) is 5.66. The van der Waals surface area contributed by atoms with E-state index in [2.05, 4.69) is 22.3 Å². The molecule has 0 aliphatic rings. The molecule has 2 N–H and O–H groups in total. The topological polar surface area (TPSA) is 51.4 Å². The molecule has 0 saturated carbocycles. The molecule has 4 nitrogen and oxygen atoms in total. The molecule has 0 aliphatic carbocycles. The van der Waals surface area contributed by atoms with Crippen molar-refractivity contribution in [2.24, 2.45) is 0 Å². The zero-order valence-electron chi connectivity index (χ0n) is 11.5. The third-order valence-corrected chi connectivity index (χ3v) is 3.71. The van der Waals surface area contributed by atoms with E-state index in [4.69, 9.17) is 10.5 Å². The van der Waals surface area contributed by atoms with E-state index in [9.17, 15) is 0 Å². The zero-order chi connectivity index (χ0) is 13.8. The molecular weight excluding hydrogens is 258 g/mol. The second-order valence-electron chi connectivity index (χ2n) is 4.59. The molecule has 2 rings (SSSR count). The highest BCUT2D eigenvalue weighted by atomic mass is 32.1. The molecule has 102 valence electrons. The van der Waals surface area contributed by atoms with Crippen LogP contribution in [0.5, 0.6) is 5.75 Å². The summed E-state index contributed by atoms with van der Waals surface area (Å²) in [6, 6.07) is 5.75. The van der Waals surface area contributed by atoms with Gasteiger partial charge in [0.1, 0.15) is 5.75 Å². The molecule has 0 saturated heterocycles. The van der Waals surface area contributed by atoms with Crippen LogP contribution in [0.4, 0.5) is 5.69 Å². The number of aromatic nitrogens is 1. The number of ether oxygens (including phenoxy) is 1. The van der Waals surface area contributed by atoms with Gasteiger partial charge in [-0.05, 0) is 37.7 Å². The number of hydrogen-bond acceptors (Lipinski definition) is 5. The molecule has 0 atom stereocenters. The van der Waals surface area contributed by atoms with Crippen molar-refractivity contribution >= 4 is 17.0 Å². The lowest BCUT2D eigenvalue weighted by atomic mass is 10.1. The highest BCUT2D eigenvalue weighted by Gasteiger charge is 2.08. The largest absolute Gasteiger partial charge is 0.497 e. The van der Waals surface area contributed by atoms with Crippen LogP contribution in [0.1, 0.15) is 16.3 Å². The second kappa shape index (κ2) is 6.04. The fourth-order valence-electron chi connectivity index (χ4n) is 1.95. The van der Waals surface area contributed by atoms with E-state index >= 15 is 0 Å². The van der Waals surface area contributed by atoms with E-state index < -0.39 is 0 Å². The SMILES string of the molecule is COc1ccc(N)c(CN(C)Cc2csc(C)n2)c1. The highest BCUT2D eigenvalue weighted by molar-refractivity contribution is 7.09. The molecule has 0 fully saturated rings. The van der Waals surface area contributed by atoms with Crippen LogP contribution in [-0.2, 0) is 13.1 Å². The Bertz CT molecular complexity index is 553. The summed E-state index contributed by atoms with van der Waals surface area (Å²) >= 11 is 1.68. The summed E-state index contributed by atoms with van der Waals surface area (Å²) in [5.74, 6) is 0.835. The van der Waals surface area contributed by atoms with Crippen molar-refractivity contribution in [2.45, 2.75) is 20.0 Å². The third kappa shape index (κ3) is 3.68. The summed E-state index contributed by atoms with van der Waals surface area (Å²) in [6.45, 7) is 3.62. The standard InChI is InChI=1S/C14H19N3OS/c1-10-16-12(9-19-10)8-17(2)7-11-6-13(18-3)4-5-14(11)15/h4-6,9H,7-8,15H2,1-3H3. The fourth-order valence-corrected chi connectivity index (χ4v) is 2.55. The van der Waals surface area contributed by atoms with Crippen LogP contribution in [0.25, 0.3) is 0 Å². The number of aryl methyl sites for hydroxylation is 1. The Balaban J connectivity index is 2.03. The number of nitrogen functional groups attached to an aromatic ring is 1. The molecule has 0 radical (unpaired) electrons. The van der Waals surface area contributed by atoms with Crippen molar-refractivity contribution in [2.75, 3.05) is 19.9 Å². The van der Waals surface area contributed by atoms with E-state index in [1.807, 2.05) is 25.1 Å². The summed E-state index contributed by atoms with van der Waals surface area (Å²) in [6.07, 6.45) is 0. The lowest BCUT2D eigenvalue weighted by molar-refractivity contribution is 0.315. The molecular formula is C14H19N3OS. The van der Waals surface area contributed by atoms with Gasteiger partial charge in [0.25, 0.3) is 0 Å². The molecule has 2 aromatic rings. The molecule has 0 spiro atoms. The first kappa shape index (κ1) is 13.8. The van der Waals surface area contributed by atoms with Crippen LogP contribution in [-0.4, -0.2) is 24.0 Å². The number of rotatable bonds is 5. The summed E-state index contributed by atoms with van der Waals surface area (Å²) < 4.78 is 5.23. The lowest BCUT2D eigenvalue weighted by Crippen LogP contribution is -2.18. The van der Waals surface area contributed by atoms with E-state index in [0.717, 1.165) is 40.8 Å². The number of anilines is 1. The van der Waals surface area contributed by atoms with Crippen molar-refractivity contribution in [1.82, 2.24) is 9.88 Å². The van der Waals surface area contributed by atoms with Gasteiger partial charge in [-0.1, -0.05) is 0 Å². The normalized spacial score (nSPS) is 10.9. The Hall–Kier alpha value is -1.59. The van der Waals surface area contributed by atoms with E-state index in [-0.39, 0.29) is 0 Å². The van der Waals surface area contributed by atoms with Crippen molar-refractivity contribution < 1.29 is 4.74 Å². The van der Waals surface area contributed by atoms with Crippen LogP contribution < -0.4 is 10.5 Å². The van der Waals surface area contributed by atoms with Crippen LogP contribution >= 0.6 is 11.3 Å². The maximum absolute atomic E-state index is 5.99. The van der Waals surface area contributed by atoms with E-state index in [1.165, 1.54) is 0 Å². The Morgan fingerprint density at radius 1 is 1.37 bits per heavy atom. The molecule has 5 heteroatoms. The molecule has 0 aliphatic heterocycles. The quantitative estimate of drug-likeness (QED) is 0.854. The Labute approximate surface area is 117 Å². The number of benzene rings is 1. The minimum Gasteiger partial charge on any atom is -0.497 e. The van der Waals surface area contributed by atoms with Crippen LogP contribution in [0.3, 0.4) is 0 Å². The first-order valence-electron chi connectivity index (χ1n) is 6.10. The van der Waals surface area contributed by atoms with Crippen LogP contribution in [0, 0.1) is 6.92 Å². The van der Waals surface area contributed by atoms with Gasteiger partial charge in [0.2, 0.25) is 0 Å². The van der Waals surface area contributed by atoms with Gasteiger partial charge in [0, 0.05) is 24.2 Å². The van der Waals surface area contributed by atoms with Gasteiger partial charge < -0.3 is 10.5 Å². The number of thiazole rings is 1. The molecule has 19 heavy (non-hydrogen) atoms. The van der Waals surface area contributed by atoms with Gasteiger partial charge in [0.15, 0.2) is 0 Å². The van der Waals surface area contributed by atoms with Crippen molar-refractivity contribution in [3.8, 4) is 5.75 Å². The lowest BCUT2D eigenvalue weighted by Gasteiger charge is -2.17. The zero-order valence-corrected chi connectivity index (χ0v) is 12.3. The predicted octanol–water partition coefficient (Wildman–Crippen LogP) is 2.67. The molecule has 0 amide bonds. The summed E-state index contributed by atoms with van der Waals surface area (Å²) in [5.41, 5.74) is 8.97. The fraction of sp³-hybridized carbons (Fsp3) is 0.357. The molecule has 0 bridgehead atoms. The number of nitrogens with two attached hydrogens (primary N) is 1. The van der Waals surface area contributed by atoms with Gasteiger partial charge in [-0.3, -0.25) is 4.90 Å². The van der Waals surface area contributed by atoms with E-state index in [1.54, 1.807) is 18.4 Å². The Morgan fingerprint density at radius 2 is 2.16 bits per heavy atom. The maximum atomic E-state index is 5.99. The number of hydrogen-bond donors (Lipinski definition) is 1. The smallest absolute Gasteiger partial charge is 0.119 e.